The van der Waals surface area contributed by atoms with Gasteiger partial charge in [-0.3, -0.25) is 4.79 Å². The maximum absolute atomic E-state index is 13.0. The van der Waals surface area contributed by atoms with Gasteiger partial charge >= 0.3 is 0 Å². The van der Waals surface area contributed by atoms with Crippen molar-refractivity contribution in [2.45, 2.75) is 24.4 Å². The number of carbonyl (C=O) groups is 1. The molecule has 0 atom stereocenters. The van der Waals surface area contributed by atoms with Gasteiger partial charge in [0.2, 0.25) is 10.0 Å². The minimum atomic E-state index is -3.82. The molecule has 1 amide bonds. The predicted molar refractivity (Wildman–Crippen MR) is 86.8 cm³/mol. The average Bonchev–Trinajstić information content (AvgIpc) is 2.88. The molecule has 3 rings (SSSR count). The third-order valence-electron chi connectivity index (χ3n) is 3.74. The molecule has 6 nitrogen and oxygen atoms in total. The minimum absolute atomic E-state index is 0.00721. The first kappa shape index (κ1) is 16.9. The summed E-state index contributed by atoms with van der Waals surface area (Å²) < 4.78 is 41.9. The number of sulfonamides is 1. The van der Waals surface area contributed by atoms with Crippen molar-refractivity contribution in [3.63, 3.8) is 0 Å². The lowest BCUT2D eigenvalue weighted by Gasteiger charge is -2.07. The first-order valence-electron chi connectivity index (χ1n) is 7.29. The van der Waals surface area contributed by atoms with Crippen molar-refractivity contribution in [1.82, 2.24) is 14.6 Å². The molecule has 2 aromatic rings. The summed E-state index contributed by atoms with van der Waals surface area (Å²) in [6.07, 6.45) is 2.17. The summed E-state index contributed by atoms with van der Waals surface area (Å²) in [5.41, 5.74) is 0.771. The normalized spacial score (nSPS) is 14.8. The minimum Gasteiger partial charge on any atom is -0.351 e. The highest BCUT2D eigenvalue weighted by molar-refractivity contribution is 7.89. The molecule has 0 fully saturated rings. The van der Waals surface area contributed by atoms with E-state index in [1.807, 2.05) is 0 Å². The molecule has 0 saturated heterocycles. The fourth-order valence-electron chi connectivity index (χ4n) is 2.47. The van der Waals surface area contributed by atoms with Gasteiger partial charge in [0.1, 0.15) is 16.4 Å². The second kappa shape index (κ2) is 6.54. The maximum atomic E-state index is 13.0. The summed E-state index contributed by atoms with van der Waals surface area (Å²) in [6, 6.07) is 5.09. The van der Waals surface area contributed by atoms with Crippen molar-refractivity contribution in [2.75, 3.05) is 6.54 Å². The number of rotatable bonds is 4. The lowest BCUT2D eigenvalue weighted by Crippen LogP contribution is -2.24. The molecule has 0 aliphatic carbocycles. The average molecular weight is 372 g/mol. The molecule has 24 heavy (non-hydrogen) atoms. The van der Waals surface area contributed by atoms with Gasteiger partial charge in [0.25, 0.3) is 5.91 Å². The van der Waals surface area contributed by atoms with Crippen molar-refractivity contribution in [1.29, 1.82) is 0 Å². The van der Waals surface area contributed by atoms with Gasteiger partial charge in [-0.05, 0) is 30.2 Å². The first-order chi connectivity index (χ1) is 11.4. The predicted octanol–water partition coefficient (Wildman–Crippen LogP) is 1.89. The molecule has 9 heteroatoms. The van der Waals surface area contributed by atoms with Gasteiger partial charge < -0.3 is 9.88 Å². The summed E-state index contributed by atoms with van der Waals surface area (Å²) in [4.78, 5) is 11.9. The van der Waals surface area contributed by atoms with Crippen LogP contribution in [0.5, 0.6) is 0 Å². The van der Waals surface area contributed by atoms with E-state index < -0.39 is 15.8 Å². The molecule has 0 bridgehead atoms. The van der Waals surface area contributed by atoms with Gasteiger partial charge in [-0.25, -0.2) is 17.5 Å². The lowest BCUT2D eigenvalue weighted by atomic mass is 10.2. The zero-order valence-corrected chi connectivity index (χ0v) is 14.1. The Morgan fingerprint density at radius 1 is 1.33 bits per heavy atom. The van der Waals surface area contributed by atoms with Crippen molar-refractivity contribution >= 4 is 27.5 Å². The molecule has 0 radical (unpaired) electrons. The standard InChI is InChI=1S/C15H15ClFN3O3S/c16-13-6-11(17)3-2-10(13)8-19-24(22,23)12-7-14-15(21)18-4-1-5-20(14)9-12/h2-3,6-7,9,19H,1,4-5,8H2,(H,18,21). The molecule has 1 aromatic heterocycles. The van der Waals surface area contributed by atoms with Crippen LogP contribution in [0.25, 0.3) is 0 Å². The molecule has 0 unspecified atom stereocenters. The van der Waals surface area contributed by atoms with Crippen molar-refractivity contribution < 1.29 is 17.6 Å². The zero-order chi connectivity index (χ0) is 17.3. The van der Waals surface area contributed by atoms with E-state index in [9.17, 15) is 17.6 Å². The molecule has 1 aliphatic heterocycles. The Balaban J connectivity index is 1.81. The number of carbonyl (C=O) groups excluding carboxylic acids is 1. The monoisotopic (exact) mass is 371 g/mol. The number of fused-ring (bicyclic) bond motifs is 1. The number of aromatic nitrogens is 1. The smallest absolute Gasteiger partial charge is 0.267 e. The Hall–Kier alpha value is -1.90. The van der Waals surface area contributed by atoms with E-state index in [-0.39, 0.29) is 22.4 Å². The van der Waals surface area contributed by atoms with Gasteiger partial charge in [0, 0.05) is 30.9 Å². The van der Waals surface area contributed by atoms with Crippen molar-refractivity contribution in [2.24, 2.45) is 0 Å². The summed E-state index contributed by atoms with van der Waals surface area (Å²) in [5, 5.41) is 2.85. The number of halogens is 2. The third kappa shape index (κ3) is 3.45. The fourth-order valence-corrected chi connectivity index (χ4v) is 3.75. The molecular weight excluding hydrogens is 357 g/mol. The summed E-state index contributed by atoms with van der Waals surface area (Å²) in [7, 11) is -3.82. The van der Waals surface area contributed by atoms with E-state index in [2.05, 4.69) is 10.0 Å². The van der Waals surface area contributed by atoms with E-state index in [4.69, 9.17) is 11.6 Å². The summed E-state index contributed by atoms with van der Waals surface area (Å²) in [6.45, 7) is 1.05. The highest BCUT2D eigenvalue weighted by Crippen LogP contribution is 2.20. The number of aryl methyl sites for hydroxylation is 1. The quantitative estimate of drug-likeness (QED) is 0.861. The topological polar surface area (TPSA) is 80.2 Å². The number of hydrogen-bond acceptors (Lipinski definition) is 3. The van der Waals surface area contributed by atoms with Gasteiger partial charge in [0.15, 0.2) is 0 Å². The number of nitrogens with zero attached hydrogens (tertiary/aromatic N) is 1. The fraction of sp³-hybridized carbons (Fsp3) is 0.267. The highest BCUT2D eigenvalue weighted by Gasteiger charge is 2.23. The van der Waals surface area contributed by atoms with Crippen molar-refractivity contribution in [3.8, 4) is 0 Å². The first-order valence-corrected chi connectivity index (χ1v) is 9.15. The lowest BCUT2D eigenvalue weighted by molar-refractivity contribution is 0.0951. The Morgan fingerprint density at radius 3 is 2.88 bits per heavy atom. The van der Waals surface area contributed by atoms with Gasteiger partial charge in [0.05, 0.1) is 0 Å². The molecule has 2 heterocycles. The number of benzene rings is 1. The molecule has 0 saturated carbocycles. The van der Waals surface area contributed by atoms with Crippen molar-refractivity contribution in [3.05, 3.63) is 52.6 Å². The second-order valence-electron chi connectivity index (χ2n) is 5.42. The van der Waals surface area contributed by atoms with Crippen LogP contribution in [0.2, 0.25) is 5.02 Å². The Bertz CT molecular complexity index is 895. The molecule has 0 spiro atoms. The highest BCUT2D eigenvalue weighted by atomic mass is 35.5. The van der Waals surface area contributed by atoms with Crippen LogP contribution in [-0.2, 0) is 23.1 Å². The van der Waals surface area contributed by atoms with Crippen LogP contribution in [0.1, 0.15) is 22.5 Å². The Kier molecular flexibility index (Phi) is 4.62. The van der Waals surface area contributed by atoms with Gasteiger partial charge in [-0.1, -0.05) is 17.7 Å². The molecule has 128 valence electrons. The van der Waals surface area contributed by atoms with Crippen LogP contribution in [0.15, 0.2) is 35.4 Å². The van der Waals surface area contributed by atoms with E-state index >= 15 is 0 Å². The van der Waals surface area contributed by atoms with Crippen LogP contribution in [0, 0.1) is 5.82 Å². The molecule has 1 aromatic carbocycles. The van der Waals surface area contributed by atoms with Gasteiger partial charge in [-0.15, -0.1) is 0 Å². The number of nitrogens with one attached hydrogen (secondary N) is 2. The largest absolute Gasteiger partial charge is 0.351 e. The van der Waals surface area contributed by atoms with E-state index in [1.165, 1.54) is 24.4 Å². The van der Waals surface area contributed by atoms with Crippen LogP contribution in [0.3, 0.4) is 0 Å². The third-order valence-corrected chi connectivity index (χ3v) is 5.46. The van der Waals surface area contributed by atoms with Crippen LogP contribution < -0.4 is 10.0 Å². The van der Waals surface area contributed by atoms with Gasteiger partial charge in [-0.2, -0.15) is 0 Å². The number of hydrogen-bond donors (Lipinski definition) is 2. The van der Waals surface area contributed by atoms with E-state index in [0.29, 0.717) is 24.3 Å². The summed E-state index contributed by atoms with van der Waals surface area (Å²) >= 11 is 5.89. The Labute approximate surface area is 143 Å². The zero-order valence-electron chi connectivity index (χ0n) is 12.6. The summed E-state index contributed by atoms with van der Waals surface area (Å²) in [5.74, 6) is -0.788. The molecule has 1 aliphatic rings. The Morgan fingerprint density at radius 2 is 2.12 bits per heavy atom. The SMILES string of the molecule is O=C1NCCCn2cc(S(=O)(=O)NCc3ccc(F)cc3Cl)cc21. The second-order valence-corrected chi connectivity index (χ2v) is 7.60. The molecule has 2 N–H and O–H groups in total. The van der Waals surface area contributed by atoms with E-state index in [1.54, 1.807) is 4.57 Å². The van der Waals surface area contributed by atoms with Crippen LogP contribution in [-0.4, -0.2) is 25.4 Å². The van der Waals surface area contributed by atoms with E-state index in [0.717, 1.165) is 12.5 Å². The molecular formula is C15H15ClFN3O3S. The number of amides is 1. The maximum Gasteiger partial charge on any atom is 0.267 e. The van der Waals surface area contributed by atoms with Crippen LogP contribution in [0.4, 0.5) is 4.39 Å². The van der Waals surface area contributed by atoms with Crippen LogP contribution >= 0.6 is 11.6 Å².